The van der Waals surface area contributed by atoms with Crippen molar-refractivity contribution in [3.8, 4) is 0 Å². The summed E-state index contributed by atoms with van der Waals surface area (Å²) < 4.78 is 5.70. The normalized spacial score (nSPS) is 30.4. The van der Waals surface area contributed by atoms with Crippen LogP contribution < -0.4 is 0 Å². The van der Waals surface area contributed by atoms with E-state index in [0.29, 0.717) is 12.8 Å². The highest BCUT2D eigenvalue weighted by molar-refractivity contribution is 5.69. The molecule has 1 aliphatic heterocycles. The summed E-state index contributed by atoms with van der Waals surface area (Å²) in [6, 6.07) is 10.6. The Morgan fingerprint density at radius 1 is 1.08 bits per heavy atom. The Bertz CT molecular complexity index is 580. The zero-order chi connectivity index (χ0) is 18.2. The molecule has 3 heteroatoms. The first-order valence-corrected chi connectivity index (χ1v) is 10.3. The highest BCUT2D eigenvalue weighted by atomic mass is 16.5. The lowest BCUT2D eigenvalue weighted by molar-refractivity contribution is -0.151. The molecule has 1 aromatic carbocycles. The van der Waals surface area contributed by atoms with Crippen LogP contribution in [0.4, 0.5) is 0 Å². The second-order valence-corrected chi connectivity index (χ2v) is 7.84. The van der Waals surface area contributed by atoms with Crippen LogP contribution in [0.15, 0.2) is 42.5 Å². The van der Waals surface area contributed by atoms with E-state index in [9.17, 15) is 9.90 Å². The predicted octanol–water partition coefficient (Wildman–Crippen LogP) is 4.83. The minimum Gasteiger partial charge on any atom is -0.462 e. The average molecular weight is 357 g/mol. The van der Waals surface area contributed by atoms with Crippen LogP contribution in [-0.2, 0) is 16.0 Å². The molecule has 0 amide bonds. The van der Waals surface area contributed by atoms with E-state index in [4.69, 9.17) is 4.74 Å². The monoisotopic (exact) mass is 356 g/mol. The first kappa shape index (κ1) is 19.2. The number of hydrogen-bond acceptors (Lipinski definition) is 3. The van der Waals surface area contributed by atoms with Crippen LogP contribution in [0.2, 0.25) is 0 Å². The minimum absolute atomic E-state index is 0.0917. The quantitative estimate of drug-likeness (QED) is 0.451. The van der Waals surface area contributed by atoms with Gasteiger partial charge in [0, 0.05) is 18.8 Å². The molecule has 0 bridgehead atoms. The average Bonchev–Trinajstić information content (AvgIpc) is 2.93. The summed E-state index contributed by atoms with van der Waals surface area (Å²) >= 11 is 0. The second-order valence-electron chi connectivity index (χ2n) is 7.84. The molecule has 1 unspecified atom stereocenters. The molecule has 2 aliphatic rings. The molecule has 26 heavy (non-hydrogen) atoms. The Hall–Kier alpha value is -1.61. The van der Waals surface area contributed by atoms with Gasteiger partial charge in [0.2, 0.25) is 0 Å². The molecule has 3 nitrogen and oxygen atoms in total. The van der Waals surface area contributed by atoms with E-state index in [2.05, 4.69) is 42.5 Å². The fourth-order valence-electron chi connectivity index (χ4n) is 4.51. The predicted molar refractivity (Wildman–Crippen MR) is 104 cm³/mol. The lowest BCUT2D eigenvalue weighted by atomic mass is 9.86. The van der Waals surface area contributed by atoms with Crippen molar-refractivity contribution in [1.82, 2.24) is 0 Å². The first-order chi connectivity index (χ1) is 12.7. The minimum atomic E-state index is -0.332. The zero-order valence-electron chi connectivity index (χ0n) is 15.7. The molecular weight excluding hydrogens is 324 g/mol. The van der Waals surface area contributed by atoms with Crippen molar-refractivity contribution >= 4 is 5.97 Å². The van der Waals surface area contributed by atoms with Gasteiger partial charge >= 0.3 is 5.97 Å². The molecule has 1 aliphatic carbocycles. The van der Waals surface area contributed by atoms with E-state index in [-0.39, 0.29) is 30.0 Å². The van der Waals surface area contributed by atoms with Crippen LogP contribution in [-0.4, -0.2) is 23.3 Å². The number of allylic oxidation sites excluding steroid dienone is 2. The van der Waals surface area contributed by atoms with Crippen LogP contribution >= 0.6 is 0 Å². The summed E-state index contributed by atoms with van der Waals surface area (Å²) in [5.41, 5.74) is 1.40. The number of esters is 1. The number of carbonyl (C=O) groups is 1. The molecule has 1 saturated carbocycles. The third kappa shape index (κ3) is 5.44. The Labute approximate surface area is 157 Å². The number of hydrogen-bond donors (Lipinski definition) is 1. The highest BCUT2D eigenvalue weighted by Crippen LogP contribution is 2.40. The number of fused-ring (bicyclic) bond motifs is 1. The molecule has 142 valence electrons. The molecular formula is C23H32O3. The Morgan fingerprint density at radius 2 is 1.92 bits per heavy atom. The van der Waals surface area contributed by atoms with Gasteiger partial charge in [-0.15, -0.1) is 0 Å². The van der Waals surface area contributed by atoms with Gasteiger partial charge in [-0.05, 0) is 50.0 Å². The van der Waals surface area contributed by atoms with Gasteiger partial charge in [0.25, 0.3) is 0 Å². The van der Waals surface area contributed by atoms with Crippen LogP contribution in [0.3, 0.4) is 0 Å². The molecule has 0 spiro atoms. The number of ether oxygens (including phenoxy) is 1. The number of aliphatic hydroxyl groups excluding tert-OH is 1. The van der Waals surface area contributed by atoms with Gasteiger partial charge in [-0.1, -0.05) is 55.3 Å². The van der Waals surface area contributed by atoms with Crippen LogP contribution in [0.1, 0.15) is 63.4 Å². The van der Waals surface area contributed by atoms with E-state index < -0.39 is 0 Å². The van der Waals surface area contributed by atoms with E-state index in [1.807, 2.05) is 0 Å². The van der Waals surface area contributed by atoms with Crippen molar-refractivity contribution in [3.63, 3.8) is 0 Å². The summed E-state index contributed by atoms with van der Waals surface area (Å²) in [5, 5.41) is 10.5. The maximum Gasteiger partial charge on any atom is 0.306 e. The highest BCUT2D eigenvalue weighted by Gasteiger charge is 2.43. The third-order valence-electron chi connectivity index (χ3n) is 5.95. The second kappa shape index (κ2) is 9.91. The van der Waals surface area contributed by atoms with Crippen molar-refractivity contribution in [2.75, 3.05) is 0 Å². The molecule has 0 radical (unpaired) electrons. The lowest BCUT2D eigenvalue weighted by Crippen LogP contribution is -2.26. The molecule has 0 aromatic heterocycles. The van der Waals surface area contributed by atoms with Gasteiger partial charge in [-0.2, -0.15) is 0 Å². The first-order valence-electron chi connectivity index (χ1n) is 10.3. The van der Waals surface area contributed by atoms with Crippen molar-refractivity contribution in [3.05, 3.63) is 48.0 Å². The van der Waals surface area contributed by atoms with E-state index in [1.165, 1.54) is 18.4 Å². The fraction of sp³-hybridized carbons (Fsp3) is 0.609. The van der Waals surface area contributed by atoms with E-state index in [0.717, 1.165) is 38.5 Å². The fourth-order valence-corrected chi connectivity index (χ4v) is 4.51. The number of carbonyl (C=O) groups excluding carboxylic acids is 1. The molecule has 0 saturated heterocycles. The molecule has 1 fully saturated rings. The SMILES string of the molecule is O=C1CCC/C=C\C[C@@H]2C(CCCCCc3ccccc3)[C@H](O)C[C@@H]2O1. The number of aliphatic hydroxyl groups is 1. The van der Waals surface area contributed by atoms with Crippen molar-refractivity contribution < 1.29 is 14.6 Å². The molecule has 3 rings (SSSR count). The van der Waals surface area contributed by atoms with Gasteiger partial charge in [-0.25, -0.2) is 0 Å². The van der Waals surface area contributed by atoms with Gasteiger partial charge in [0.1, 0.15) is 6.10 Å². The van der Waals surface area contributed by atoms with E-state index in [1.54, 1.807) is 0 Å². The molecule has 4 atom stereocenters. The van der Waals surface area contributed by atoms with Crippen LogP contribution in [0.25, 0.3) is 0 Å². The van der Waals surface area contributed by atoms with Gasteiger partial charge in [0.15, 0.2) is 0 Å². The zero-order valence-corrected chi connectivity index (χ0v) is 15.7. The van der Waals surface area contributed by atoms with Gasteiger partial charge < -0.3 is 9.84 Å². The summed E-state index contributed by atoms with van der Waals surface area (Å²) in [4.78, 5) is 12.0. The summed E-state index contributed by atoms with van der Waals surface area (Å²) in [6.07, 6.45) is 13.5. The standard InChI is InChI=1S/C23H32O3/c24-21-17-22-20(15-8-1-2-10-16-23(25)26-22)19(21)14-9-4-7-13-18-11-5-3-6-12-18/h1,3,5-6,8,11-12,19-22,24H,2,4,7,9-10,13-17H2/b8-1-/t19?,20-,21-,22+/m1/s1. The van der Waals surface area contributed by atoms with Crippen LogP contribution in [0, 0.1) is 11.8 Å². The number of unbranched alkanes of at least 4 members (excludes halogenated alkanes) is 2. The summed E-state index contributed by atoms with van der Waals surface area (Å²) in [6.45, 7) is 0. The summed E-state index contributed by atoms with van der Waals surface area (Å²) in [5.74, 6) is 0.442. The van der Waals surface area contributed by atoms with E-state index >= 15 is 0 Å². The van der Waals surface area contributed by atoms with Crippen molar-refractivity contribution in [2.24, 2.45) is 11.8 Å². The Balaban J connectivity index is 1.48. The van der Waals surface area contributed by atoms with Gasteiger partial charge in [0.05, 0.1) is 6.10 Å². The number of rotatable bonds is 6. The maximum absolute atomic E-state index is 12.0. The molecule has 1 N–H and O–H groups in total. The topological polar surface area (TPSA) is 46.5 Å². The van der Waals surface area contributed by atoms with Crippen LogP contribution in [0.5, 0.6) is 0 Å². The smallest absolute Gasteiger partial charge is 0.306 e. The Morgan fingerprint density at radius 3 is 2.77 bits per heavy atom. The largest absolute Gasteiger partial charge is 0.462 e. The third-order valence-corrected chi connectivity index (χ3v) is 5.95. The van der Waals surface area contributed by atoms with Gasteiger partial charge in [-0.3, -0.25) is 4.79 Å². The number of benzene rings is 1. The maximum atomic E-state index is 12.0. The van der Waals surface area contributed by atoms with Crippen molar-refractivity contribution in [2.45, 2.75) is 76.4 Å². The summed E-state index contributed by atoms with van der Waals surface area (Å²) in [7, 11) is 0. The molecule has 1 aromatic rings. The number of aryl methyl sites for hydroxylation is 1. The molecule has 1 heterocycles. The lowest BCUT2D eigenvalue weighted by Gasteiger charge is -2.25. The Kier molecular flexibility index (Phi) is 7.31. The van der Waals surface area contributed by atoms with Crippen molar-refractivity contribution in [1.29, 1.82) is 0 Å².